The molecule has 1 fully saturated rings. The van der Waals surface area contributed by atoms with Crippen LogP contribution in [-0.4, -0.2) is 52.3 Å². The van der Waals surface area contributed by atoms with Crippen molar-refractivity contribution in [2.75, 3.05) is 50.7 Å². The molecule has 1 aliphatic rings. The van der Waals surface area contributed by atoms with Gasteiger partial charge in [0, 0.05) is 56.0 Å². The van der Waals surface area contributed by atoms with Crippen LogP contribution in [0.4, 0.5) is 11.4 Å². The average Bonchev–Trinajstić information content (AvgIpc) is 2.88. The van der Waals surface area contributed by atoms with Crippen molar-refractivity contribution >= 4 is 17.6 Å². The minimum atomic E-state index is 0.535. The van der Waals surface area contributed by atoms with Crippen molar-refractivity contribution < 1.29 is 14.2 Å². The van der Waals surface area contributed by atoms with Crippen LogP contribution in [0.25, 0.3) is 0 Å². The summed E-state index contributed by atoms with van der Waals surface area (Å²) in [6.07, 6.45) is 6.78. The van der Waals surface area contributed by atoms with Crippen LogP contribution in [0.15, 0.2) is 77.6 Å². The Morgan fingerprint density at radius 3 is 2.69 bits per heavy atom. The lowest BCUT2D eigenvalue weighted by molar-refractivity contribution is 0.0787. The number of rotatable bonds is 14. The van der Waals surface area contributed by atoms with Gasteiger partial charge in [-0.1, -0.05) is 30.4 Å². The molecule has 0 unspecified atom stereocenters. The molecule has 0 radical (unpaired) electrons. The third-order valence-electron chi connectivity index (χ3n) is 5.61. The summed E-state index contributed by atoms with van der Waals surface area (Å²) >= 11 is 0. The van der Waals surface area contributed by atoms with Crippen molar-refractivity contribution in [3.63, 3.8) is 0 Å². The average molecular weight is 479 g/mol. The zero-order chi connectivity index (χ0) is 24.7. The van der Waals surface area contributed by atoms with Gasteiger partial charge in [-0.25, -0.2) is 4.99 Å². The fourth-order valence-corrected chi connectivity index (χ4v) is 3.63. The van der Waals surface area contributed by atoms with Crippen molar-refractivity contribution in [3.8, 4) is 11.5 Å². The SMILES string of the molecule is C=C(/N=C\C=C(/C)CNC1CCOCC1)Nc1ccc(OC)c(OCCCNc2ccccc2)c1. The summed E-state index contributed by atoms with van der Waals surface area (Å²) in [7, 11) is 1.64. The summed E-state index contributed by atoms with van der Waals surface area (Å²) in [5, 5.41) is 10.2. The zero-order valence-corrected chi connectivity index (χ0v) is 20.9. The topological polar surface area (TPSA) is 76.1 Å². The Morgan fingerprint density at radius 2 is 1.91 bits per heavy atom. The fraction of sp³-hybridized carbons (Fsp3) is 0.393. The minimum absolute atomic E-state index is 0.535. The van der Waals surface area contributed by atoms with E-state index in [0.29, 0.717) is 30.0 Å². The van der Waals surface area contributed by atoms with Crippen molar-refractivity contribution in [1.82, 2.24) is 5.32 Å². The van der Waals surface area contributed by atoms with E-state index in [1.54, 1.807) is 13.3 Å². The van der Waals surface area contributed by atoms with Gasteiger partial charge in [0.2, 0.25) is 0 Å². The molecule has 3 rings (SSSR count). The van der Waals surface area contributed by atoms with Crippen molar-refractivity contribution in [2.24, 2.45) is 4.99 Å². The van der Waals surface area contributed by atoms with Crippen molar-refractivity contribution in [3.05, 3.63) is 72.6 Å². The third-order valence-corrected chi connectivity index (χ3v) is 5.61. The van der Waals surface area contributed by atoms with Gasteiger partial charge in [0.1, 0.15) is 5.82 Å². The summed E-state index contributed by atoms with van der Waals surface area (Å²) in [6, 6.07) is 16.4. The third kappa shape index (κ3) is 9.84. The molecular formula is C28H38N4O3. The van der Waals surface area contributed by atoms with E-state index >= 15 is 0 Å². The zero-order valence-electron chi connectivity index (χ0n) is 20.9. The fourth-order valence-electron chi connectivity index (χ4n) is 3.63. The molecule has 0 aromatic heterocycles. The smallest absolute Gasteiger partial charge is 0.163 e. The van der Waals surface area contributed by atoms with Gasteiger partial charge < -0.3 is 30.2 Å². The number of anilines is 2. The van der Waals surface area contributed by atoms with Gasteiger partial charge >= 0.3 is 0 Å². The Balaban J connectivity index is 1.42. The minimum Gasteiger partial charge on any atom is -0.493 e. The van der Waals surface area contributed by atoms with E-state index in [1.165, 1.54) is 5.57 Å². The highest BCUT2D eigenvalue weighted by Gasteiger charge is 2.12. The van der Waals surface area contributed by atoms with Crippen LogP contribution in [-0.2, 0) is 4.74 Å². The van der Waals surface area contributed by atoms with E-state index in [2.05, 4.69) is 46.6 Å². The van der Waals surface area contributed by atoms with Crippen LogP contribution in [0.1, 0.15) is 26.2 Å². The van der Waals surface area contributed by atoms with Gasteiger partial charge in [-0.05, 0) is 56.5 Å². The predicted octanol–water partition coefficient (Wildman–Crippen LogP) is 5.25. The molecule has 2 aromatic carbocycles. The Labute approximate surface area is 209 Å². The number of ether oxygens (including phenoxy) is 3. The van der Waals surface area contributed by atoms with Crippen LogP contribution in [0.3, 0.4) is 0 Å². The van der Waals surface area contributed by atoms with Gasteiger partial charge in [0.25, 0.3) is 0 Å². The maximum absolute atomic E-state index is 5.98. The number of benzene rings is 2. The molecule has 1 aliphatic heterocycles. The van der Waals surface area contributed by atoms with Crippen molar-refractivity contribution in [1.29, 1.82) is 0 Å². The van der Waals surface area contributed by atoms with Crippen LogP contribution < -0.4 is 25.4 Å². The Hall–Kier alpha value is -3.29. The van der Waals surface area contributed by atoms with Crippen LogP contribution in [0, 0.1) is 0 Å². The van der Waals surface area contributed by atoms with E-state index in [0.717, 1.165) is 56.9 Å². The Bertz CT molecular complexity index is 969. The molecule has 0 bridgehead atoms. The van der Waals surface area contributed by atoms with Gasteiger partial charge in [-0.15, -0.1) is 0 Å². The second-order valence-corrected chi connectivity index (χ2v) is 8.49. The standard InChI is InChI=1S/C28H38N4O3/c1-22(21-31-25-13-18-34-19-14-25)12-16-29-23(2)32-26-10-11-27(33-3)28(20-26)35-17-7-15-30-24-8-5-4-6-9-24/h4-6,8-12,16,20,25,30-32H,2,7,13-15,17-19,21H2,1,3H3/b22-12+,29-16-. The molecule has 0 aliphatic carbocycles. The first-order valence-corrected chi connectivity index (χ1v) is 12.2. The summed E-state index contributed by atoms with van der Waals surface area (Å²) in [5.74, 6) is 1.93. The first kappa shape index (κ1) is 26.3. The molecule has 7 heteroatoms. The van der Waals surface area contributed by atoms with Crippen LogP contribution >= 0.6 is 0 Å². The summed E-state index contributed by atoms with van der Waals surface area (Å²) in [6.45, 7) is 10.0. The highest BCUT2D eigenvalue weighted by molar-refractivity contribution is 5.73. The molecular weight excluding hydrogens is 440 g/mol. The molecule has 1 saturated heterocycles. The van der Waals surface area contributed by atoms with Gasteiger partial charge in [-0.2, -0.15) is 0 Å². The number of hydrogen-bond donors (Lipinski definition) is 3. The number of nitrogens with zero attached hydrogens (tertiary/aromatic N) is 1. The second kappa shape index (κ2) is 14.9. The van der Waals surface area contributed by atoms with E-state index in [4.69, 9.17) is 14.2 Å². The quantitative estimate of drug-likeness (QED) is 0.255. The number of methoxy groups -OCH3 is 1. The highest BCUT2D eigenvalue weighted by Crippen LogP contribution is 2.30. The normalized spacial score (nSPS) is 14.6. The molecule has 3 N–H and O–H groups in total. The Kier molecular flexibility index (Phi) is 11.2. The second-order valence-electron chi connectivity index (χ2n) is 8.49. The molecule has 188 valence electrons. The van der Waals surface area contributed by atoms with E-state index in [1.807, 2.05) is 42.5 Å². The number of hydrogen-bond acceptors (Lipinski definition) is 7. The van der Waals surface area contributed by atoms with Crippen LogP contribution in [0.5, 0.6) is 11.5 Å². The lowest BCUT2D eigenvalue weighted by Gasteiger charge is -2.23. The molecule has 35 heavy (non-hydrogen) atoms. The highest BCUT2D eigenvalue weighted by atomic mass is 16.5. The number of para-hydroxylation sites is 1. The maximum atomic E-state index is 5.98. The van der Waals surface area contributed by atoms with E-state index in [-0.39, 0.29) is 0 Å². The maximum Gasteiger partial charge on any atom is 0.163 e. The summed E-state index contributed by atoms with van der Waals surface area (Å²) in [5.41, 5.74) is 3.16. The number of nitrogens with one attached hydrogen (secondary N) is 3. The monoisotopic (exact) mass is 478 g/mol. The number of allylic oxidation sites excluding steroid dienone is 1. The first-order valence-electron chi connectivity index (χ1n) is 12.2. The van der Waals surface area contributed by atoms with Gasteiger partial charge in [0.15, 0.2) is 11.5 Å². The van der Waals surface area contributed by atoms with E-state index in [9.17, 15) is 0 Å². The lowest BCUT2D eigenvalue weighted by Crippen LogP contribution is -2.35. The molecule has 0 atom stereocenters. The predicted molar refractivity (Wildman–Crippen MR) is 145 cm³/mol. The largest absolute Gasteiger partial charge is 0.493 e. The first-order chi connectivity index (χ1) is 17.1. The molecule has 0 amide bonds. The molecule has 2 aromatic rings. The summed E-state index contributed by atoms with van der Waals surface area (Å²) < 4.78 is 16.8. The molecule has 7 nitrogen and oxygen atoms in total. The Morgan fingerprint density at radius 1 is 1.11 bits per heavy atom. The van der Waals surface area contributed by atoms with Gasteiger partial charge in [0.05, 0.1) is 13.7 Å². The molecule has 0 spiro atoms. The van der Waals surface area contributed by atoms with Crippen molar-refractivity contribution in [2.45, 2.75) is 32.2 Å². The van der Waals surface area contributed by atoms with Crippen LogP contribution in [0.2, 0.25) is 0 Å². The molecule has 1 heterocycles. The lowest BCUT2D eigenvalue weighted by atomic mass is 10.1. The number of aliphatic imine (C=N–C) groups is 1. The van der Waals surface area contributed by atoms with E-state index < -0.39 is 0 Å². The summed E-state index contributed by atoms with van der Waals surface area (Å²) in [4.78, 5) is 4.41. The molecule has 0 saturated carbocycles. The van der Waals surface area contributed by atoms with Gasteiger partial charge in [-0.3, -0.25) is 0 Å².